The quantitative estimate of drug-likeness (QED) is 0.148. The van der Waals surface area contributed by atoms with Gasteiger partial charge in [0, 0.05) is 24.8 Å². The lowest BCUT2D eigenvalue weighted by atomic mass is 9.92. The van der Waals surface area contributed by atoms with Crippen molar-refractivity contribution in [3.8, 4) is 0 Å². The first-order chi connectivity index (χ1) is 22.8. The Morgan fingerprint density at radius 3 is 2.29 bits per heavy atom. The molecule has 9 nitrogen and oxygen atoms in total. The molecule has 48 heavy (non-hydrogen) atoms. The summed E-state index contributed by atoms with van der Waals surface area (Å²) >= 11 is 0. The van der Waals surface area contributed by atoms with Gasteiger partial charge in [-0.1, -0.05) is 51.1 Å². The summed E-state index contributed by atoms with van der Waals surface area (Å²) in [7, 11) is 0. The zero-order valence-corrected chi connectivity index (χ0v) is 28.0. The van der Waals surface area contributed by atoms with E-state index in [0.717, 1.165) is 43.7 Å². The molecule has 1 fully saturated rings. The SMILES string of the molecule is Cc1cccc(COC2CCCC(OCCN(CCC(C)(C)C)C(=O)Nc3cccc(F)c3)C2)c1C(=O)O.O=C=Nc1cccc(F)c1. The Hall–Kier alpha value is -4.44. The molecule has 0 spiro atoms. The Bertz CT molecular complexity index is 1550. The summed E-state index contributed by atoms with van der Waals surface area (Å²) in [6.45, 7) is 9.80. The van der Waals surface area contributed by atoms with Crippen molar-refractivity contribution < 1.29 is 37.7 Å². The van der Waals surface area contributed by atoms with Crippen molar-refractivity contribution in [1.82, 2.24) is 4.90 Å². The lowest BCUT2D eigenvalue weighted by Crippen LogP contribution is -2.40. The van der Waals surface area contributed by atoms with E-state index in [1.807, 2.05) is 6.07 Å². The Morgan fingerprint density at radius 1 is 0.979 bits per heavy atom. The number of hydrogen-bond acceptors (Lipinski definition) is 6. The summed E-state index contributed by atoms with van der Waals surface area (Å²) in [5.41, 5.74) is 2.48. The average Bonchev–Trinajstić information content (AvgIpc) is 3.02. The van der Waals surface area contributed by atoms with E-state index in [2.05, 4.69) is 31.1 Å². The summed E-state index contributed by atoms with van der Waals surface area (Å²) < 4.78 is 38.2. The van der Waals surface area contributed by atoms with Gasteiger partial charge in [-0.2, -0.15) is 4.99 Å². The molecule has 3 aromatic carbocycles. The maximum atomic E-state index is 13.6. The van der Waals surface area contributed by atoms with E-state index in [1.165, 1.54) is 36.4 Å². The molecule has 1 saturated carbocycles. The lowest BCUT2D eigenvalue weighted by Gasteiger charge is -2.31. The summed E-state index contributed by atoms with van der Waals surface area (Å²) in [6.07, 6.45) is 5.66. The zero-order valence-electron chi connectivity index (χ0n) is 28.0. The van der Waals surface area contributed by atoms with Crippen LogP contribution >= 0.6 is 0 Å². The number of hydrogen-bond donors (Lipinski definition) is 2. The number of rotatable bonds is 12. The van der Waals surface area contributed by atoms with Crippen LogP contribution < -0.4 is 5.32 Å². The van der Waals surface area contributed by atoms with Crippen LogP contribution in [0.15, 0.2) is 71.7 Å². The number of isocyanates is 1. The molecule has 0 aromatic heterocycles. The fraction of sp³-hybridized carbons (Fsp3) is 0.432. The number of aryl methyl sites for hydroxylation is 1. The predicted octanol–water partition coefficient (Wildman–Crippen LogP) is 8.44. The van der Waals surface area contributed by atoms with E-state index in [4.69, 9.17) is 9.47 Å². The molecule has 0 aliphatic heterocycles. The normalized spacial score (nSPS) is 15.8. The molecule has 11 heteroatoms. The van der Waals surface area contributed by atoms with Crippen molar-refractivity contribution in [2.75, 3.05) is 25.0 Å². The first kappa shape index (κ1) is 38.0. The van der Waals surface area contributed by atoms with Gasteiger partial charge in [-0.15, -0.1) is 0 Å². The summed E-state index contributed by atoms with van der Waals surface area (Å²) in [5, 5.41) is 12.4. The summed E-state index contributed by atoms with van der Waals surface area (Å²) in [6, 6.07) is 16.5. The number of carbonyl (C=O) groups excluding carboxylic acids is 2. The smallest absolute Gasteiger partial charge is 0.336 e. The van der Waals surface area contributed by atoms with Gasteiger partial charge >= 0.3 is 12.0 Å². The molecule has 0 saturated heterocycles. The molecule has 4 rings (SSSR count). The van der Waals surface area contributed by atoms with E-state index in [0.29, 0.717) is 36.5 Å². The Morgan fingerprint density at radius 2 is 1.65 bits per heavy atom. The van der Waals surface area contributed by atoms with Gasteiger partial charge in [-0.25, -0.2) is 23.2 Å². The molecule has 0 bridgehead atoms. The molecule has 2 N–H and O–H groups in total. The minimum atomic E-state index is -0.941. The van der Waals surface area contributed by atoms with Gasteiger partial charge in [0.05, 0.1) is 36.7 Å². The number of aliphatic imine (C=N–C) groups is 1. The van der Waals surface area contributed by atoms with Gasteiger partial charge in [-0.3, -0.25) is 0 Å². The second-order valence-electron chi connectivity index (χ2n) is 12.9. The number of amides is 2. The highest BCUT2D eigenvalue weighted by Gasteiger charge is 2.25. The topological polar surface area (TPSA) is 118 Å². The van der Waals surface area contributed by atoms with E-state index in [-0.39, 0.29) is 35.9 Å². The highest BCUT2D eigenvalue weighted by molar-refractivity contribution is 5.91. The van der Waals surface area contributed by atoms with Gasteiger partial charge < -0.3 is 24.8 Å². The number of carbonyl (C=O) groups is 2. The van der Waals surface area contributed by atoms with Crippen LogP contribution in [0.25, 0.3) is 0 Å². The Kier molecular flexibility index (Phi) is 14.9. The first-order valence-corrected chi connectivity index (χ1v) is 16.0. The molecule has 2 atom stereocenters. The fourth-order valence-electron chi connectivity index (χ4n) is 5.25. The number of carboxylic acid groups (broad SMARTS) is 1. The van der Waals surface area contributed by atoms with Gasteiger partial charge in [0.2, 0.25) is 6.08 Å². The number of urea groups is 1. The molecular formula is C37H45F2N3O6. The van der Waals surface area contributed by atoms with E-state index >= 15 is 0 Å². The minimum absolute atomic E-state index is 0.0100. The Balaban J connectivity index is 0.000000533. The van der Waals surface area contributed by atoms with Crippen molar-refractivity contribution in [3.63, 3.8) is 0 Å². The molecule has 1 aliphatic rings. The van der Waals surface area contributed by atoms with Crippen molar-refractivity contribution in [3.05, 3.63) is 95.1 Å². The highest BCUT2D eigenvalue weighted by Crippen LogP contribution is 2.26. The van der Waals surface area contributed by atoms with Crippen LogP contribution in [0, 0.1) is 24.0 Å². The molecule has 0 heterocycles. The van der Waals surface area contributed by atoms with Crippen molar-refractivity contribution >= 4 is 29.5 Å². The van der Waals surface area contributed by atoms with Gasteiger partial charge in [0.1, 0.15) is 11.6 Å². The number of carboxylic acids is 1. The van der Waals surface area contributed by atoms with Crippen LogP contribution in [0.2, 0.25) is 0 Å². The van der Waals surface area contributed by atoms with Crippen LogP contribution in [0.5, 0.6) is 0 Å². The van der Waals surface area contributed by atoms with Crippen LogP contribution in [-0.2, 0) is 20.9 Å². The second-order valence-corrected chi connectivity index (χ2v) is 12.9. The number of nitrogens with one attached hydrogen (secondary N) is 1. The molecule has 2 unspecified atom stereocenters. The highest BCUT2D eigenvalue weighted by atomic mass is 19.1. The molecule has 258 valence electrons. The zero-order chi connectivity index (χ0) is 35.1. The molecule has 2 amide bonds. The van der Waals surface area contributed by atoms with Crippen molar-refractivity contribution in [2.24, 2.45) is 10.4 Å². The van der Waals surface area contributed by atoms with Gasteiger partial charge in [0.15, 0.2) is 0 Å². The second kappa shape index (κ2) is 18.8. The lowest BCUT2D eigenvalue weighted by molar-refractivity contribution is -0.0524. The molecule has 1 aliphatic carbocycles. The molecular weight excluding hydrogens is 620 g/mol. The van der Waals surface area contributed by atoms with Crippen LogP contribution in [0.3, 0.4) is 0 Å². The fourth-order valence-corrected chi connectivity index (χ4v) is 5.25. The number of benzene rings is 3. The van der Waals surface area contributed by atoms with E-state index < -0.39 is 17.6 Å². The van der Waals surface area contributed by atoms with Crippen LogP contribution in [0.4, 0.5) is 25.0 Å². The maximum Gasteiger partial charge on any atom is 0.336 e. The number of aromatic carboxylic acids is 1. The number of ether oxygens (including phenoxy) is 2. The standard InChI is InChI=1S/C30H41FN2O5.C7H4FNO/c1-21-8-5-9-22(27(21)28(34)35)20-38-26-13-7-12-25(19-26)37-17-16-33(15-14-30(2,3)4)29(36)32-24-11-6-10-23(31)18-24;8-6-2-1-3-7(4-6)9-5-10/h5-6,8-11,18,25-26H,7,12-17,19-20H2,1-4H3,(H,32,36)(H,34,35);1-4H. The number of nitrogens with zero attached hydrogens (tertiary/aromatic N) is 2. The minimum Gasteiger partial charge on any atom is -0.478 e. The summed E-state index contributed by atoms with van der Waals surface area (Å²) in [4.78, 5) is 39.2. The predicted molar refractivity (Wildman–Crippen MR) is 180 cm³/mol. The maximum absolute atomic E-state index is 13.6. The van der Waals surface area contributed by atoms with Gasteiger partial charge in [0.25, 0.3) is 0 Å². The van der Waals surface area contributed by atoms with Crippen LogP contribution in [0.1, 0.15) is 74.4 Å². The third-order valence-electron chi connectivity index (χ3n) is 7.82. The number of halogens is 2. The Labute approximate surface area is 281 Å². The third-order valence-corrected chi connectivity index (χ3v) is 7.82. The van der Waals surface area contributed by atoms with Crippen molar-refractivity contribution in [1.29, 1.82) is 0 Å². The van der Waals surface area contributed by atoms with E-state index in [1.54, 1.807) is 36.1 Å². The molecule has 3 aromatic rings. The third kappa shape index (κ3) is 13.4. The van der Waals surface area contributed by atoms with Crippen LogP contribution in [-0.4, -0.2) is 60.0 Å². The average molecular weight is 666 g/mol. The van der Waals surface area contributed by atoms with E-state index in [9.17, 15) is 28.3 Å². The largest absolute Gasteiger partial charge is 0.478 e. The summed E-state index contributed by atoms with van der Waals surface area (Å²) in [5.74, 6) is -1.75. The molecule has 0 radical (unpaired) electrons. The van der Waals surface area contributed by atoms with Gasteiger partial charge in [-0.05, 0) is 85.9 Å². The first-order valence-electron chi connectivity index (χ1n) is 16.0. The number of anilines is 1. The van der Waals surface area contributed by atoms with Crippen molar-refractivity contribution in [2.45, 2.75) is 78.6 Å². The monoisotopic (exact) mass is 665 g/mol.